The average molecular weight is 466 g/mol. The maximum absolute atomic E-state index is 13.3. The molecule has 1 aliphatic carbocycles. The van der Waals surface area contributed by atoms with Crippen LogP contribution in [0.1, 0.15) is 73.9 Å². The minimum absolute atomic E-state index is 0.0173. The van der Waals surface area contributed by atoms with Crippen LogP contribution in [0.15, 0.2) is 23.0 Å². The first-order valence-corrected chi connectivity index (χ1v) is 12.7. The Morgan fingerprint density at radius 2 is 1.71 bits per heavy atom. The summed E-state index contributed by atoms with van der Waals surface area (Å²) in [6, 6.07) is 6.29. The highest BCUT2D eigenvalue weighted by molar-refractivity contribution is 6.00. The van der Waals surface area contributed by atoms with Crippen molar-refractivity contribution in [1.29, 1.82) is 0 Å². The lowest BCUT2D eigenvalue weighted by Gasteiger charge is -2.33. The Labute approximate surface area is 200 Å². The van der Waals surface area contributed by atoms with Crippen molar-refractivity contribution >= 4 is 17.5 Å². The summed E-state index contributed by atoms with van der Waals surface area (Å²) in [6.07, 6.45) is 6.29. The van der Waals surface area contributed by atoms with Gasteiger partial charge in [0.25, 0.3) is 0 Å². The van der Waals surface area contributed by atoms with Crippen molar-refractivity contribution in [1.82, 2.24) is 19.2 Å². The number of carbonyl (C=O) groups is 2. The summed E-state index contributed by atoms with van der Waals surface area (Å²) in [5, 5.41) is 4.60. The molecular formula is C26H35N5O3. The number of amides is 2. The molecule has 2 aromatic rings. The summed E-state index contributed by atoms with van der Waals surface area (Å²) in [4.78, 5) is 42.4. The molecule has 3 heterocycles. The van der Waals surface area contributed by atoms with Crippen LogP contribution in [0.3, 0.4) is 0 Å². The fraction of sp³-hybridized carbons (Fsp3) is 0.615. The summed E-state index contributed by atoms with van der Waals surface area (Å²) in [6.45, 7) is 5.83. The summed E-state index contributed by atoms with van der Waals surface area (Å²) < 4.78 is 3.41. The van der Waals surface area contributed by atoms with Gasteiger partial charge in [-0.25, -0.2) is 9.48 Å². The van der Waals surface area contributed by atoms with Crippen LogP contribution in [-0.2, 0) is 16.6 Å². The number of carbonyl (C=O) groups excluding carboxylic acids is 2. The molecule has 5 rings (SSSR count). The Morgan fingerprint density at radius 3 is 2.38 bits per heavy atom. The van der Waals surface area contributed by atoms with Crippen molar-refractivity contribution in [3.8, 4) is 0 Å². The Hall–Kier alpha value is -2.90. The first kappa shape index (κ1) is 22.9. The van der Waals surface area contributed by atoms with E-state index in [4.69, 9.17) is 0 Å². The van der Waals surface area contributed by atoms with Crippen LogP contribution in [0.25, 0.3) is 0 Å². The third-order valence-electron chi connectivity index (χ3n) is 8.12. The number of aromatic nitrogens is 3. The quantitative estimate of drug-likeness (QED) is 0.695. The Kier molecular flexibility index (Phi) is 6.08. The monoisotopic (exact) mass is 465 g/mol. The average Bonchev–Trinajstić information content (AvgIpc) is 3.56. The van der Waals surface area contributed by atoms with Gasteiger partial charge in [0.2, 0.25) is 11.8 Å². The largest absolute Gasteiger partial charge is 0.345 e. The van der Waals surface area contributed by atoms with E-state index in [1.165, 1.54) is 10.2 Å². The molecule has 34 heavy (non-hydrogen) atoms. The van der Waals surface area contributed by atoms with Crippen LogP contribution in [-0.4, -0.2) is 50.7 Å². The maximum Gasteiger partial charge on any atom is 0.345 e. The minimum Gasteiger partial charge on any atom is -0.342 e. The van der Waals surface area contributed by atoms with Gasteiger partial charge in [0.15, 0.2) is 0 Å². The van der Waals surface area contributed by atoms with E-state index in [9.17, 15) is 14.4 Å². The normalized spacial score (nSPS) is 22.2. The van der Waals surface area contributed by atoms with Gasteiger partial charge in [-0.2, -0.15) is 5.10 Å². The number of piperidine rings is 1. The summed E-state index contributed by atoms with van der Waals surface area (Å²) in [5.74, 6) is 0.884. The highest BCUT2D eigenvalue weighted by Gasteiger charge is 2.39. The summed E-state index contributed by atoms with van der Waals surface area (Å²) >= 11 is 0. The van der Waals surface area contributed by atoms with Gasteiger partial charge in [-0.3, -0.25) is 14.2 Å². The maximum atomic E-state index is 13.3. The lowest BCUT2D eigenvalue weighted by molar-refractivity contribution is -0.136. The van der Waals surface area contributed by atoms with Crippen molar-refractivity contribution in [2.45, 2.75) is 70.8 Å². The molecule has 0 spiro atoms. The number of rotatable bonds is 4. The number of hydrogen-bond donors (Lipinski definition) is 0. The molecule has 1 unspecified atom stereocenters. The van der Waals surface area contributed by atoms with E-state index in [2.05, 4.69) is 12.0 Å². The van der Waals surface area contributed by atoms with Crippen LogP contribution in [0, 0.1) is 19.8 Å². The molecule has 0 radical (unpaired) electrons. The van der Waals surface area contributed by atoms with E-state index >= 15 is 0 Å². The molecule has 0 N–H and O–H groups in total. The zero-order valence-corrected chi connectivity index (χ0v) is 20.5. The van der Waals surface area contributed by atoms with Gasteiger partial charge >= 0.3 is 5.69 Å². The predicted molar refractivity (Wildman–Crippen MR) is 130 cm³/mol. The molecular weight excluding hydrogens is 430 g/mol. The summed E-state index contributed by atoms with van der Waals surface area (Å²) in [5.41, 5.74) is 3.20. The van der Waals surface area contributed by atoms with Crippen molar-refractivity contribution in [2.75, 3.05) is 24.5 Å². The molecule has 2 aliphatic heterocycles. The SMILES string of the molecule is Cc1ccc(N2CC(C(=O)N3CCC(c4nn(C)c(=O)n4C4CCCC4)CC3)CC2=O)cc1C. The number of nitrogens with zero attached hydrogens (tertiary/aromatic N) is 5. The van der Waals surface area contributed by atoms with E-state index in [0.29, 0.717) is 19.6 Å². The third-order valence-corrected chi connectivity index (χ3v) is 8.12. The molecule has 1 atom stereocenters. The number of benzene rings is 1. The Bertz CT molecular complexity index is 1150. The number of anilines is 1. The van der Waals surface area contributed by atoms with Crippen LogP contribution in [0.5, 0.6) is 0 Å². The number of likely N-dealkylation sites (tertiary alicyclic amines) is 1. The van der Waals surface area contributed by atoms with Gasteiger partial charge in [-0.05, 0) is 62.8 Å². The standard InChI is InChI=1S/C26H35N5O3/c1-17-8-9-22(14-18(17)2)30-16-20(15-23(30)32)25(33)29-12-10-19(11-13-29)24-27-28(3)26(34)31(24)21-6-4-5-7-21/h8-9,14,19-21H,4-7,10-13,15-16H2,1-3H3. The van der Waals surface area contributed by atoms with Gasteiger partial charge in [0.05, 0.1) is 5.92 Å². The van der Waals surface area contributed by atoms with Gasteiger partial charge in [0.1, 0.15) is 5.82 Å². The van der Waals surface area contributed by atoms with Gasteiger partial charge in [-0.15, -0.1) is 0 Å². The fourth-order valence-corrected chi connectivity index (χ4v) is 5.91. The lowest BCUT2D eigenvalue weighted by Crippen LogP contribution is -2.42. The first-order valence-electron chi connectivity index (χ1n) is 12.7. The van der Waals surface area contributed by atoms with Gasteiger partial charge in [-0.1, -0.05) is 18.9 Å². The van der Waals surface area contributed by atoms with Crippen LogP contribution in [0.4, 0.5) is 5.69 Å². The highest BCUT2D eigenvalue weighted by Crippen LogP contribution is 2.34. The minimum atomic E-state index is -0.294. The zero-order chi connectivity index (χ0) is 24.0. The van der Waals surface area contributed by atoms with E-state index in [1.807, 2.05) is 34.6 Å². The zero-order valence-electron chi connectivity index (χ0n) is 20.5. The van der Waals surface area contributed by atoms with E-state index in [0.717, 1.165) is 55.6 Å². The van der Waals surface area contributed by atoms with E-state index < -0.39 is 0 Å². The molecule has 2 amide bonds. The topological polar surface area (TPSA) is 80.4 Å². The predicted octanol–water partition coefficient (Wildman–Crippen LogP) is 3.07. The number of aryl methyl sites for hydroxylation is 3. The van der Waals surface area contributed by atoms with Crippen LogP contribution in [0.2, 0.25) is 0 Å². The van der Waals surface area contributed by atoms with Gasteiger partial charge < -0.3 is 9.80 Å². The van der Waals surface area contributed by atoms with Crippen molar-refractivity contribution in [3.05, 3.63) is 45.6 Å². The molecule has 182 valence electrons. The second kappa shape index (κ2) is 9.04. The Balaban J connectivity index is 1.24. The van der Waals surface area contributed by atoms with Crippen molar-refractivity contribution in [2.24, 2.45) is 13.0 Å². The van der Waals surface area contributed by atoms with Crippen molar-refractivity contribution < 1.29 is 9.59 Å². The second-order valence-electron chi connectivity index (χ2n) is 10.3. The number of hydrogen-bond acceptors (Lipinski definition) is 4. The molecule has 8 nitrogen and oxygen atoms in total. The third kappa shape index (κ3) is 4.07. The van der Waals surface area contributed by atoms with Crippen LogP contribution < -0.4 is 10.6 Å². The highest BCUT2D eigenvalue weighted by atomic mass is 16.2. The molecule has 1 saturated carbocycles. The molecule has 3 fully saturated rings. The smallest absolute Gasteiger partial charge is 0.342 e. The molecule has 3 aliphatic rings. The van der Waals surface area contributed by atoms with Gasteiger partial charge in [0, 0.05) is 50.7 Å². The molecule has 8 heteroatoms. The second-order valence-corrected chi connectivity index (χ2v) is 10.3. The molecule has 0 bridgehead atoms. The fourth-order valence-electron chi connectivity index (χ4n) is 5.91. The van der Waals surface area contributed by atoms with E-state index in [-0.39, 0.29) is 41.8 Å². The molecule has 1 aromatic heterocycles. The molecule has 2 saturated heterocycles. The molecule has 1 aromatic carbocycles. The first-order chi connectivity index (χ1) is 16.3. The van der Waals surface area contributed by atoms with Crippen molar-refractivity contribution in [3.63, 3.8) is 0 Å². The van der Waals surface area contributed by atoms with Crippen LogP contribution >= 0.6 is 0 Å². The lowest BCUT2D eigenvalue weighted by atomic mass is 9.94. The summed E-state index contributed by atoms with van der Waals surface area (Å²) in [7, 11) is 1.73. The van der Waals surface area contributed by atoms with E-state index in [1.54, 1.807) is 11.9 Å². The Morgan fingerprint density at radius 1 is 1.00 bits per heavy atom.